The Labute approximate surface area is 272 Å². The van der Waals surface area contributed by atoms with Crippen LogP contribution in [-0.2, 0) is 0 Å². The number of pyridine rings is 1. The fourth-order valence-corrected chi connectivity index (χ4v) is 6.66. The first-order valence-electron chi connectivity index (χ1n) is 15.8. The molecule has 0 aliphatic carbocycles. The predicted octanol–water partition coefficient (Wildman–Crippen LogP) is 10.8. The summed E-state index contributed by atoms with van der Waals surface area (Å²) in [6.07, 6.45) is 1.95. The van der Waals surface area contributed by atoms with Crippen LogP contribution in [0.25, 0.3) is 88.7 Å². The highest BCUT2D eigenvalue weighted by Gasteiger charge is 2.17. The maximum absolute atomic E-state index is 5.08. The molecule has 220 valence electrons. The number of hydrogen-bond acceptors (Lipinski definition) is 4. The quantitative estimate of drug-likeness (QED) is 0.184. The molecule has 0 aliphatic heterocycles. The van der Waals surface area contributed by atoms with Crippen LogP contribution in [0.5, 0.6) is 0 Å². The van der Waals surface area contributed by atoms with Crippen LogP contribution >= 0.6 is 0 Å². The van der Waals surface area contributed by atoms with Crippen molar-refractivity contribution in [1.82, 2.24) is 19.9 Å². The Balaban J connectivity index is 1.33. The zero-order valence-electron chi connectivity index (χ0n) is 25.7. The van der Waals surface area contributed by atoms with E-state index in [1.54, 1.807) is 0 Å². The zero-order valence-corrected chi connectivity index (χ0v) is 25.7. The second-order valence-electron chi connectivity index (χ2n) is 12.0. The number of benzene rings is 7. The SMILES string of the molecule is Cc1ccc(-c2cc(-c3nc(-c4ccccc4)nc(-c4ccccc4)n3)cc(-c3cc4cccc5ccc6cccc3c6c54)c2)cn1. The molecule has 4 nitrogen and oxygen atoms in total. The summed E-state index contributed by atoms with van der Waals surface area (Å²) in [7, 11) is 0. The van der Waals surface area contributed by atoms with Gasteiger partial charge in [0.15, 0.2) is 17.5 Å². The van der Waals surface area contributed by atoms with Gasteiger partial charge in [-0.1, -0.05) is 115 Å². The summed E-state index contributed by atoms with van der Waals surface area (Å²) in [5.41, 5.74) is 8.15. The van der Waals surface area contributed by atoms with Crippen molar-refractivity contribution in [3.63, 3.8) is 0 Å². The third-order valence-corrected chi connectivity index (χ3v) is 8.95. The molecular formula is C43H28N4. The number of nitrogens with zero attached hydrogens (tertiary/aromatic N) is 4. The van der Waals surface area contributed by atoms with E-state index in [4.69, 9.17) is 15.0 Å². The van der Waals surface area contributed by atoms with Crippen molar-refractivity contribution in [2.24, 2.45) is 0 Å². The lowest BCUT2D eigenvalue weighted by Gasteiger charge is -2.17. The Hall–Kier alpha value is -6.26. The summed E-state index contributed by atoms with van der Waals surface area (Å²) in [5.74, 6) is 1.90. The van der Waals surface area contributed by atoms with E-state index >= 15 is 0 Å². The molecule has 0 saturated carbocycles. The molecule has 7 aromatic carbocycles. The fourth-order valence-electron chi connectivity index (χ4n) is 6.66. The molecular weight excluding hydrogens is 573 g/mol. The van der Waals surface area contributed by atoms with Gasteiger partial charge in [0.2, 0.25) is 0 Å². The van der Waals surface area contributed by atoms with Crippen LogP contribution in [-0.4, -0.2) is 19.9 Å². The van der Waals surface area contributed by atoms with Crippen molar-refractivity contribution in [1.29, 1.82) is 0 Å². The van der Waals surface area contributed by atoms with Crippen LogP contribution in [0.4, 0.5) is 0 Å². The van der Waals surface area contributed by atoms with Gasteiger partial charge in [-0.05, 0) is 86.3 Å². The molecule has 47 heavy (non-hydrogen) atoms. The van der Waals surface area contributed by atoms with E-state index in [0.717, 1.165) is 39.1 Å². The van der Waals surface area contributed by atoms with Gasteiger partial charge in [-0.3, -0.25) is 4.98 Å². The van der Waals surface area contributed by atoms with Crippen LogP contribution < -0.4 is 0 Å². The minimum Gasteiger partial charge on any atom is -0.261 e. The lowest BCUT2D eigenvalue weighted by Crippen LogP contribution is -2.00. The highest BCUT2D eigenvalue weighted by Crippen LogP contribution is 2.42. The lowest BCUT2D eigenvalue weighted by molar-refractivity contribution is 1.07. The van der Waals surface area contributed by atoms with E-state index in [-0.39, 0.29) is 0 Å². The molecule has 2 aromatic heterocycles. The van der Waals surface area contributed by atoms with Crippen molar-refractivity contribution in [2.45, 2.75) is 6.92 Å². The Morgan fingerprint density at radius 2 is 0.957 bits per heavy atom. The van der Waals surface area contributed by atoms with E-state index < -0.39 is 0 Å². The molecule has 0 fully saturated rings. The van der Waals surface area contributed by atoms with Crippen molar-refractivity contribution in [3.8, 4) is 56.4 Å². The average molecular weight is 601 g/mol. The highest BCUT2D eigenvalue weighted by atomic mass is 15.0. The van der Waals surface area contributed by atoms with Crippen molar-refractivity contribution < 1.29 is 0 Å². The molecule has 9 aromatic rings. The highest BCUT2D eigenvalue weighted by molar-refractivity contribution is 6.26. The second-order valence-corrected chi connectivity index (χ2v) is 12.0. The van der Waals surface area contributed by atoms with Crippen LogP contribution in [0.2, 0.25) is 0 Å². The molecule has 0 radical (unpaired) electrons. The molecule has 0 unspecified atom stereocenters. The summed E-state index contributed by atoms with van der Waals surface area (Å²) in [6, 6.07) is 51.0. The lowest BCUT2D eigenvalue weighted by atomic mass is 9.87. The van der Waals surface area contributed by atoms with E-state index in [1.165, 1.54) is 37.9 Å². The topological polar surface area (TPSA) is 51.6 Å². The number of aromatic nitrogens is 4. The van der Waals surface area contributed by atoms with Crippen LogP contribution in [0.3, 0.4) is 0 Å². The first-order chi connectivity index (χ1) is 23.2. The molecule has 0 amide bonds. The molecule has 0 bridgehead atoms. The number of hydrogen-bond donors (Lipinski definition) is 0. The average Bonchev–Trinajstić information content (AvgIpc) is 3.14. The number of aryl methyl sites for hydroxylation is 1. The molecule has 0 atom stereocenters. The Bertz CT molecular complexity index is 2500. The van der Waals surface area contributed by atoms with Gasteiger partial charge in [0.1, 0.15) is 0 Å². The Morgan fingerprint density at radius 1 is 0.383 bits per heavy atom. The second kappa shape index (κ2) is 11.0. The first kappa shape index (κ1) is 27.1. The van der Waals surface area contributed by atoms with Gasteiger partial charge in [-0.15, -0.1) is 0 Å². The molecule has 2 heterocycles. The van der Waals surface area contributed by atoms with E-state index in [1.807, 2.05) is 73.8 Å². The van der Waals surface area contributed by atoms with Gasteiger partial charge in [-0.2, -0.15) is 0 Å². The molecule has 0 spiro atoms. The summed E-state index contributed by atoms with van der Waals surface area (Å²) in [6.45, 7) is 2.01. The zero-order chi connectivity index (χ0) is 31.3. The largest absolute Gasteiger partial charge is 0.261 e. The monoisotopic (exact) mass is 600 g/mol. The van der Waals surface area contributed by atoms with Gasteiger partial charge in [0, 0.05) is 34.1 Å². The number of rotatable bonds is 5. The van der Waals surface area contributed by atoms with Crippen LogP contribution in [0.15, 0.2) is 152 Å². The Morgan fingerprint density at radius 3 is 1.62 bits per heavy atom. The smallest absolute Gasteiger partial charge is 0.164 e. The van der Waals surface area contributed by atoms with Gasteiger partial charge in [-0.25, -0.2) is 15.0 Å². The third-order valence-electron chi connectivity index (χ3n) is 8.95. The van der Waals surface area contributed by atoms with E-state index in [2.05, 4.69) is 89.9 Å². The molecule has 0 saturated heterocycles. The summed E-state index contributed by atoms with van der Waals surface area (Å²) >= 11 is 0. The maximum Gasteiger partial charge on any atom is 0.164 e. The van der Waals surface area contributed by atoms with Crippen LogP contribution in [0.1, 0.15) is 5.69 Å². The standard InChI is InChI=1S/C43H28N4/c1-27-18-19-33(26-44-27)34-22-35(38-25-32-16-8-14-28-20-21-29-15-9-17-37(38)40(29)39(28)32)24-36(23-34)43-46-41(30-10-4-2-5-11-30)45-42(47-43)31-12-6-3-7-13-31/h2-26H,1H3. The van der Waals surface area contributed by atoms with E-state index in [0.29, 0.717) is 17.5 Å². The predicted molar refractivity (Wildman–Crippen MR) is 193 cm³/mol. The van der Waals surface area contributed by atoms with Crippen molar-refractivity contribution >= 4 is 32.3 Å². The van der Waals surface area contributed by atoms with Gasteiger partial charge >= 0.3 is 0 Å². The third kappa shape index (κ3) is 4.79. The minimum atomic E-state index is 0.623. The summed E-state index contributed by atoms with van der Waals surface area (Å²) in [5, 5.41) is 7.54. The van der Waals surface area contributed by atoms with E-state index in [9.17, 15) is 0 Å². The molecule has 4 heteroatoms. The molecule has 0 N–H and O–H groups in total. The Kier molecular flexibility index (Phi) is 6.32. The van der Waals surface area contributed by atoms with Gasteiger partial charge in [0.05, 0.1) is 0 Å². The summed E-state index contributed by atoms with van der Waals surface area (Å²) < 4.78 is 0. The minimum absolute atomic E-state index is 0.623. The first-order valence-corrected chi connectivity index (χ1v) is 15.8. The van der Waals surface area contributed by atoms with Crippen LogP contribution in [0, 0.1) is 6.92 Å². The normalized spacial score (nSPS) is 11.5. The van der Waals surface area contributed by atoms with Gasteiger partial charge in [0.25, 0.3) is 0 Å². The van der Waals surface area contributed by atoms with Gasteiger partial charge < -0.3 is 0 Å². The molecule has 0 aliphatic rings. The molecule has 9 rings (SSSR count). The summed E-state index contributed by atoms with van der Waals surface area (Å²) in [4.78, 5) is 19.7. The van der Waals surface area contributed by atoms with Crippen molar-refractivity contribution in [2.75, 3.05) is 0 Å². The fraction of sp³-hybridized carbons (Fsp3) is 0.0233. The van der Waals surface area contributed by atoms with Crippen molar-refractivity contribution in [3.05, 3.63) is 157 Å². The maximum atomic E-state index is 5.08.